The third kappa shape index (κ3) is 7.20. The Hall–Kier alpha value is -1.73. The third-order valence-corrected chi connectivity index (χ3v) is 5.65. The first kappa shape index (κ1) is 26.3. The standard InChI is InChI=1S/C27H38N2.Ni/c1-7-12-13-27(29-26-17-15-22(9-3)24(11-5)19-26)20(6)28-25-16-14-21(8-2)23(10-4)18-25;/h14-19H,7-13H2,1-6H3;. The van der Waals surface area contributed by atoms with E-state index in [1.165, 1.54) is 22.3 Å². The summed E-state index contributed by atoms with van der Waals surface area (Å²) in [5.41, 5.74) is 9.88. The summed E-state index contributed by atoms with van der Waals surface area (Å²) in [6.07, 6.45) is 7.50. The third-order valence-electron chi connectivity index (χ3n) is 5.65. The van der Waals surface area contributed by atoms with Gasteiger partial charge in [0.15, 0.2) is 0 Å². The Balaban J connectivity index is 0.00000450. The topological polar surface area (TPSA) is 24.7 Å². The summed E-state index contributed by atoms with van der Waals surface area (Å²) in [6.45, 7) is 13.2. The molecule has 0 aliphatic rings. The summed E-state index contributed by atoms with van der Waals surface area (Å²) in [4.78, 5) is 9.99. The molecule has 0 atom stereocenters. The van der Waals surface area contributed by atoms with Crippen LogP contribution in [0.2, 0.25) is 0 Å². The maximum Gasteiger partial charge on any atom is 0.0636 e. The van der Waals surface area contributed by atoms with Crippen molar-refractivity contribution in [3.63, 3.8) is 0 Å². The Labute approximate surface area is 194 Å². The summed E-state index contributed by atoms with van der Waals surface area (Å²) < 4.78 is 0. The normalized spacial score (nSPS) is 12.1. The van der Waals surface area contributed by atoms with Crippen LogP contribution in [-0.2, 0) is 42.2 Å². The van der Waals surface area contributed by atoms with Gasteiger partial charge in [-0.15, -0.1) is 0 Å². The van der Waals surface area contributed by atoms with Gasteiger partial charge in [-0.2, -0.15) is 0 Å². The molecule has 0 N–H and O–H groups in total. The molecule has 3 heteroatoms. The predicted molar refractivity (Wildman–Crippen MR) is 130 cm³/mol. The van der Waals surface area contributed by atoms with E-state index in [4.69, 9.17) is 9.98 Å². The average molecular weight is 449 g/mol. The number of hydrogen-bond acceptors (Lipinski definition) is 2. The van der Waals surface area contributed by atoms with Crippen LogP contribution in [0.25, 0.3) is 0 Å². The van der Waals surface area contributed by atoms with Crippen LogP contribution in [0.4, 0.5) is 11.4 Å². The van der Waals surface area contributed by atoms with Gasteiger partial charge in [0.1, 0.15) is 0 Å². The van der Waals surface area contributed by atoms with Gasteiger partial charge < -0.3 is 0 Å². The molecule has 0 heterocycles. The van der Waals surface area contributed by atoms with Crippen molar-refractivity contribution in [1.82, 2.24) is 0 Å². The van der Waals surface area contributed by atoms with Crippen LogP contribution in [0.1, 0.15) is 83.1 Å². The summed E-state index contributed by atoms with van der Waals surface area (Å²) in [6, 6.07) is 13.3. The van der Waals surface area contributed by atoms with Crippen molar-refractivity contribution in [1.29, 1.82) is 0 Å². The van der Waals surface area contributed by atoms with Crippen molar-refractivity contribution in [3.05, 3.63) is 58.7 Å². The molecule has 30 heavy (non-hydrogen) atoms. The second-order valence-electron chi connectivity index (χ2n) is 7.68. The number of hydrogen-bond donors (Lipinski definition) is 0. The van der Waals surface area contributed by atoms with Crippen LogP contribution in [0.5, 0.6) is 0 Å². The molecule has 0 unspecified atom stereocenters. The quantitative estimate of drug-likeness (QED) is 0.259. The molecule has 0 spiro atoms. The smallest absolute Gasteiger partial charge is 0.0636 e. The molecule has 0 aliphatic heterocycles. The molecule has 0 bridgehead atoms. The fourth-order valence-corrected chi connectivity index (χ4v) is 3.79. The molecule has 0 amide bonds. The van der Waals surface area contributed by atoms with Crippen molar-refractivity contribution in [2.75, 3.05) is 0 Å². The van der Waals surface area contributed by atoms with Crippen LogP contribution in [-0.4, -0.2) is 11.4 Å². The van der Waals surface area contributed by atoms with Crippen molar-refractivity contribution in [2.24, 2.45) is 9.98 Å². The molecular weight excluding hydrogens is 411 g/mol. The maximum atomic E-state index is 5.04. The van der Waals surface area contributed by atoms with E-state index in [2.05, 4.69) is 77.9 Å². The SMILES string of the molecule is CCCCC(=Nc1ccc(CC)c(CC)c1)C(C)=Nc1ccc(CC)c(CC)c1.[Ni]. The van der Waals surface area contributed by atoms with Gasteiger partial charge in [0.2, 0.25) is 0 Å². The minimum atomic E-state index is 0. The van der Waals surface area contributed by atoms with Crippen LogP contribution >= 0.6 is 0 Å². The first-order valence-corrected chi connectivity index (χ1v) is 11.4. The minimum absolute atomic E-state index is 0. The maximum absolute atomic E-state index is 5.04. The molecule has 0 radical (unpaired) electrons. The van der Waals surface area contributed by atoms with Crippen LogP contribution in [0.3, 0.4) is 0 Å². The summed E-state index contributed by atoms with van der Waals surface area (Å²) >= 11 is 0. The van der Waals surface area contributed by atoms with Gasteiger partial charge in [0.25, 0.3) is 0 Å². The minimum Gasteiger partial charge on any atom is -0.252 e. The number of aryl methyl sites for hydroxylation is 4. The van der Waals surface area contributed by atoms with Crippen LogP contribution in [0, 0.1) is 0 Å². The molecule has 0 saturated heterocycles. The fraction of sp³-hybridized carbons (Fsp3) is 0.481. The molecule has 0 aromatic heterocycles. The second kappa shape index (κ2) is 13.6. The molecule has 2 aromatic carbocycles. The first-order valence-electron chi connectivity index (χ1n) is 11.4. The Morgan fingerprint density at radius 3 is 1.57 bits per heavy atom. The average Bonchev–Trinajstić information content (AvgIpc) is 2.76. The Morgan fingerprint density at radius 2 is 1.13 bits per heavy atom. The zero-order chi connectivity index (χ0) is 21.2. The molecule has 166 valence electrons. The molecule has 2 rings (SSSR count). The van der Waals surface area contributed by atoms with Crippen molar-refractivity contribution >= 4 is 22.8 Å². The van der Waals surface area contributed by atoms with Gasteiger partial charge in [-0.3, -0.25) is 9.98 Å². The van der Waals surface area contributed by atoms with Crippen LogP contribution < -0.4 is 0 Å². The molecule has 2 nitrogen and oxygen atoms in total. The largest absolute Gasteiger partial charge is 0.252 e. The first-order chi connectivity index (χ1) is 14.1. The van der Waals surface area contributed by atoms with E-state index in [1.807, 2.05) is 0 Å². The molecule has 0 aliphatic carbocycles. The van der Waals surface area contributed by atoms with E-state index in [9.17, 15) is 0 Å². The van der Waals surface area contributed by atoms with Gasteiger partial charge in [-0.1, -0.05) is 53.2 Å². The Kier molecular flexibility index (Phi) is 11.9. The van der Waals surface area contributed by atoms with E-state index in [0.717, 1.165) is 67.7 Å². The Morgan fingerprint density at radius 1 is 0.667 bits per heavy atom. The number of nitrogens with zero attached hydrogens (tertiary/aromatic N) is 2. The van der Waals surface area contributed by atoms with E-state index in [0.29, 0.717) is 0 Å². The van der Waals surface area contributed by atoms with Gasteiger partial charge in [0, 0.05) is 16.5 Å². The summed E-state index contributed by atoms with van der Waals surface area (Å²) in [5.74, 6) is 0. The molecule has 2 aromatic rings. The van der Waals surface area contributed by atoms with E-state index in [-0.39, 0.29) is 16.5 Å². The Bertz CT molecular complexity index is 865. The number of unbranched alkanes of at least 4 members (excludes halogenated alkanes) is 1. The summed E-state index contributed by atoms with van der Waals surface area (Å²) in [7, 11) is 0. The van der Waals surface area contributed by atoms with Crippen molar-refractivity contribution in [2.45, 2.75) is 86.5 Å². The van der Waals surface area contributed by atoms with Gasteiger partial charge in [-0.05, 0) is 92.0 Å². The molecular formula is C27H38N2Ni. The van der Waals surface area contributed by atoms with Gasteiger partial charge >= 0.3 is 0 Å². The number of benzene rings is 2. The fourth-order valence-electron chi connectivity index (χ4n) is 3.79. The van der Waals surface area contributed by atoms with Gasteiger partial charge in [0.05, 0.1) is 22.8 Å². The van der Waals surface area contributed by atoms with E-state index < -0.39 is 0 Å². The van der Waals surface area contributed by atoms with Crippen molar-refractivity contribution < 1.29 is 16.5 Å². The summed E-state index contributed by atoms with van der Waals surface area (Å²) in [5, 5.41) is 0. The monoisotopic (exact) mass is 448 g/mol. The predicted octanol–water partition coefficient (Wildman–Crippen LogP) is 7.99. The van der Waals surface area contributed by atoms with Crippen molar-refractivity contribution in [3.8, 4) is 0 Å². The van der Waals surface area contributed by atoms with Gasteiger partial charge in [-0.25, -0.2) is 0 Å². The van der Waals surface area contributed by atoms with E-state index in [1.54, 1.807) is 0 Å². The number of aliphatic imine (C=N–C) groups is 2. The number of rotatable bonds is 10. The zero-order valence-electron chi connectivity index (χ0n) is 19.6. The second-order valence-corrected chi connectivity index (χ2v) is 7.68. The zero-order valence-corrected chi connectivity index (χ0v) is 20.6. The molecule has 0 fully saturated rings. The molecule has 0 saturated carbocycles. The van der Waals surface area contributed by atoms with Crippen LogP contribution in [0.15, 0.2) is 46.4 Å². The van der Waals surface area contributed by atoms with E-state index >= 15 is 0 Å².